The summed E-state index contributed by atoms with van der Waals surface area (Å²) >= 11 is 0. The maximum absolute atomic E-state index is 12.5. The average Bonchev–Trinajstić information content (AvgIpc) is 2.55. The van der Waals surface area contributed by atoms with Gasteiger partial charge in [0, 0.05) is 24.1 Å². The van der Waals surface area contributed by atoms with Crippen LogP contribution in [0.2, 0.25) is 0 Å². The Morgan fingerprint density at radius 1 is 1.12 bits per heavy atom. The van der Waals surface area contributed by atoms with Crippen LogP contribution in [0.1, 0.15) is 35.8 Å². The molecule has 2 N–H and O–H groups in total. The lowest BCUT2D eigenvalue weighted by atomic mass is 10.2. The Bertz CT molecular complexity index is 684. The quantitative estimate of drug-likeness (QED) is 0.770. The van der Waals surface area contributed by atoms with E-state index in [4.69, 9.17) is 0 Å². The largest absolute Gasteiger partial charge is 0.416 e. The third-order valence-electron chi connectivity index (χ3n) is 3.31. The molecule has 0 radical (unpaired) electrons. The Labute approximate surface area is 138 Å². The van der Waals surface area contributed by atoms with Crippen molar-refractivity contribution in [3.63, 3.8) is 0 Å². The Balaban J connectivity index is 2.05. The van der Waals surface area contributed by atoms with E-state index in [1.54, 1.807) is 12.1 Å². The molecule has 0 aliphatic heterocycles. The van der Waals surface area contributed by atoms with Gasteiger partial charge in [-0.2, -0.15) is 13.2 Å². The van der Waals surface area contributed by atoms with Gasteiger partial charge in [0.25, 0.3) is 5.91 Å². The van der Waals surface area contributed by atoms with E-state index in [1.807, 2.05) is 6.92 Å². The van der Waals surface area contributed by atoms with Crippen LogP contribution >= 0.6 is 0 Å². The Hall–Kier alpha value is -2.57. The van der Waals surface area contributed by atoms with Crippen LogP contribution in [0.15, 0.2) is 42.6 Å². The first-order valence-electron chi connectivity index (χ1n) is 7.58. The third kappa shape index (κ3) is 4.97. The molecule has 0 aliphatic carbocycles. The molecule has 0 unspecified atom stereocenters. The summed E-state index contributed by atoms with van der Waals surface area (Å²) in [4.78, 5) is 16.0. The lowest BCUT2D eigenvalue weighted by molar-refractivity contribution is -0.137. The molecule has 2 rings (SSSR count). The molecule has 0 saturated heterocycles. The van der Waals surface area contributed by atoms with E-state index in [-0.39, 0.29) is 11.6 Å². The van der Waals surface area contributed by atoms with Crippen LogP contribution in [-0.2, 0) is 6.18 Å². The lowest BCUT2D eigenvalue weighted by Crippen LogP contribution is -2.25. The molecular formula is C17H18F3N3O. The number of nitrogens with zero attached hydrogens (tertiary/aromatic N) is 1. The molecule has 128 valence electrons. The average molecular weight is 337 g/mol. The van der Waals surface area contributed by atoms with Crippen molar-refractivity contribution in [1.29, 1.82) is 0 Å². The summed E-state index contributed by atoms with van der Waals surface area (Å²) in [6, 6.07) is 7.87. The zero-order chi connectivity index (χ0) is 17.6. The van der Waals surface area contributed by atoms with E-state index in [0.29, 0.717) is 17.9 Å². The van der Waals surface area contributed by atoms with Gasteiger partial charge >= 0.3 is 6.18 Å². The molecule has 2 aromatic rings. The van der Waals surface area contributed by atoms with Gasteiger partial charge in [0.05, 0.1) is 5.56 Å². The fourth-order valence-corrected chi connectivity index (χ4v) is 2.01. The van der Waals surface area contributed by atoms with Gasteiger partial charge in [-0.15, -0.1) is 0 Å². The molecule has 7 heteroatoms. The number of unbranched alkanes of at least 4 members (excludes halogenated alkanes) is 1. The second-order valence-corrected chi connectivity index (χ2v) is 5.24. The van der Waals surface area contributed by atoms with E-state index in [0.717, 1.165) is 25.0 Å². The van der Waals surface area contributed by atoms with Gasteiger partial charge in [-0.05, 0) is 42.8 Å². The predicted octanol–water partition coefficient (Wildman–Crippen LogP) is 4.37. The number of halogens is 3. The van der Waals surface area contributed by atoms with Gasteiger partial charge in [0.15, 0.2) is 0 Å². The van der Waals surface area contributed by atoms with Crippen molar-refractivity contribution in [2.24, 2.45) is 0 Å². The van der Waals surface area contributed by atoms with E-state index in [1.165, 1.54) is 18.3 Å². The summed E-state index contributed by atoms with van der Waals surface area (Å²) in [6.45, 7) is 2.60. The van der Waals surface area contributed by atoms with E-state index >= 15 is 0 Å². The maximum atomic E-state index is 12.5. The molecule has 0 atom stereocenters. The van der Waals surface area contributed by atoms with Gasteiger partial charge in [-0.25, -0.2) is 0 Å². The van der Waals surface area contributed by atoms with Crippen LogP contribution in [0.5, 0.6) is 0 Å². The number of alkyl halides is 3. The zero-order valence-corrected chi connectivity index (χ0v) is 13.2. The highest BCUT2D eigenvalue weighted by molar-refractivity contribution is 5.93. The van der Waals surface area contributed by atoms with Crippen LogP contribution in [0.4, 0.5) is 24.5 Å². The summed E-state index contributed by atoms with van der Waals surface area (Å²) in [5.41, 5.74) is 0.610. The number of hydrogen-bond acceptors (Lipinski definition) is 3. The highest BCUT2D eigenvalue weighted by atomic mass is 19.4. The van der Waals surface area contributed by atoms with Crippen molar-refractivity contribution in [3.05, 3.63) is 53.9 Å². The smallest absolute Gasteiger partial charge is 0.355 e. The first-order chi connectivity index (χ1) is 11.4. The molecule has 0 aliphatic rings. The predicted molar refractivity (Wildman–Crippen MR) is 86.2 cm³/mol. The molecule has 0 spiro atoms. The Morgan fingerprint density at radius 3 is 2.46 bits per heavy atom. The minimum atomic E-state index is -4.36. The minimum absolute atomic E-state index is 0.253. The standard InChI is InChI=1S/C17H18F3N3O/c1-2-3-9-22-16(24)15-11-14(8-10-21-15)23-13-6-4-12(5-7-13)17(18,19)20/h4-8,10-11H,2-3,9H2,1H3,(H,21,23)(H,22,24). The number of carbonyl (C=O) groups is 1. The highest BCUT2D eigenvalue weighted by Crippen LogP contribution is 2.30. The number of hydrogen-bond donors (Lipinski definition) is 2. The minimum Gasteiger partial charge on any atom is -0.355 e. The number of anilines is 2. The van der Waals surface area contributed by atoms with Gasteiger partial charge < -0.3 is 10.6 Å². The van der Waals surface area contributed by atoms with Crippen molar-refractivity contribution in [1.82, 2.24) is 10.3 Å². The normalized spacial score (nSPS) is 11.2. The molecule has 4 nitrogen and oxygen atoms in total. The van der Waals surface area contributed by atoms with Crippen molar-refractivity contribution >= 4 is 17.3 Å². The maximum Gasteiger partial charge on any atom is 0.416 e. The first-order valence-corrected chi connectivity index (χ1v) is 7.58. The lowest BCUT2D eigenvalue weighted by Gasteiger charge is -2.10. The summed E-state index contributed by atoms with van der Waals surface area (Å²) < 4.78 is 37.6. The van der Waals surface area contributed by atoms with Gasteiger partial charge in [-0.1, -0.05) is 13.3 Å². The van der Waals surface area contributed by atoms with Crippen LogP contribution in [0.3, 0.4) is 0 Å². The highest BCUT2D eigenvalue weighted by Gasteiger charge is 2.29. The SMILES string of the molecule is CCCCNC(=O)c1cc(Nc2ccc(C(F)(F)F)cc2)ccn1. The Kier molecular flexibility index (Phi) is 5.78. The number of carbonyl (C=O) groups excluding carboxylic acids is 1. The molecule has 0 saturated carbocycles. The van der Waals surface area contributed by atoms with E-state index < -0.39 is 11.7 Å². The van der Waals surface area contributed by atoms with Crippen molar-refractivity contribution < 1.29 is 18.0 Å². The second kappa shape index (κ2) is 7.81. The number of rotatable bonds is 6. The van der Waals surface area contributed by atoms with E-state index in [2.05, 4.69) is 15.6 Å². The summed E-state index contributed by atoms with van der Waals surface area (Å²) in [6.07, 6.45) is -1.03. The number of benzene rings is 1. The van der Waals surface area contributed by atoms with Gasteiger partial charge in [0.1, 0.15) is 5.69 Å². The van der Waals surface area contributed by atoms with Crippen molar-refractivity contribution in [2.75, 3.05) is 11.9 Å². The van der Waals surface area contributed by atoms with Crippen LogP contribution in [-0.4, -0.2) is 17.4 Å². The summed E-state index contributed by atoms with van der Waals surface area (Å²) in [5, 5.41) is 5.72. The number of amides is 1. The molecule has 24 heavy (non-hydrogen) atoms. The molecule has 1 heterocycles. The number of nitrogens with one attached hydrogen (secondary N) is 2. The molecular weight excluding hydrogens is 319 g/mol. The van der Waals surface area contributed by atoms with Gasteiger partial charge in [-0.3, -0.25) is 9.78 Å². The summed E-state index contributed by atoms with van der Waals surface area (Å²) in [7, 11) is 0. The fraction of sp³-hybridized carbons (Fsp3) is 0.294. The van der Waals surface area contributed by atoms with Crippen molar-refractivity contribution in [2.45, 2.75) is 25.9 Å². The fourth-order valence-electron chi connectivity index (χ4n) is 2.01. The van der Waals surface area contributed by atoms with Crippen molar-refractivity contribution in [3.8, 4) is 0 Å². The van der Waals surface area contributed by atoms with Gasteiger partial charge in [0.2, 0.25) is 0 Å². The molecule has 1 aromatic carbocycles. The van der Waals surface area contributed by atoms with Crippen LogP contribution in [0, 0.1) is 0 Å². The molecule has 1 amide bonds. The third-order valence-corrected chi connectivity index (χ3v) is 3.31. The Morgan fingerprint density at radius 2 is 1.83 bits per heavy atom. The van der Waals surface area contributed by atoms with Crippen LogP contribution in [0.25, 0.3) is 0 Å². The molecule has 1 aromatic heterocycles. The summed E-state index contributed by atoms with van der Waals surface area (Å²) in [5.74, 6) is -0.278. The number of pyridine rings is 1. The second-order valence-electron chi connectivity index (χ2n) is 5.24. The monoisotopic (exact) mass is 337 g/mol. The van der Waals surface area contributed by atoms with E-state index in [9.17, 15) is 18.0 Å². The first kappa shape index (κ1) is 17.8. The molecule has 0 bridgehead atoms. The topological polar surface area (TPSA) is 54.0 Å². The van der Waals surface area contributed by atoms with Crippen LogP contribution < -0.4 is 10.6 Å². The molecule has 0 fully saturated rings. The zero-order valence-electron chi connectivity index (χ0n) is 13.2. The number of aromatic nitrogens is 1.